The highest BCUT2D eigenvalue weighted by atomic mass is 32.2. The Hall–Kier alpha value is -1.81. The van der Waals surface area contributed by atoms with Crippen LogP contribution in [0.2, 0.25) is 0 Å². The number of aromatic nitrogens is 1. The molecule has 0 spiro atoms. The van der Waals surface area contributed by atoms with Crippen molar-refractivity contribution in [2.24, 2.45) is 5.73 Å². The second kappa shape index (κ2) is 5.45. The van der Waals surface area contributed by atoms with Crippen LogP contribution in [-0.2, 0) is 0 Å². The monoisotopic (exact) mass is 271 g/mol. The molecule has 3 N–H and O–H groups in total. The number of aryl methyl sites for hydroxylation is 3. The van der Waals surface area contributed by atoms with Gasteiger partial charge < -0.3 is 5.73 Å². The first-order chi connectivity index (χ1) is 8.97. The number of nitrogen functional groups attached to an aromatic ring is 1. The van der Waals surface area contributed by atoms with E-state index in [1.807, 2.05) is 19.1 Å². The molecular formula is C15H17N3S. The van der Waals surface area contributed by atoms with Gasteiger partial charge in [-0.25, -0.2) is 4.98 Å². The lowest BCUT2D eigenvalue weighted by atomic mass is 10.2. The molecule has 19 heavy (non-hydrogen) atoms. The Kier molecular flexibility index (Phi) is 3.90. The van der Waals surface area contributed by atoms with E-state index < -0.39 is 0 Å². The van der Waals surface area contributed by atoms with Gasteiger partial charge in [-0.15, -0.1) is 0 Å². The third kappa shape index (κ3) is 3.15. The van der Waals surface area contributed by atoms with E-state index in [2.05, 4.69) is 37.0 Å². The van der Waals surface area contributed by atoms with E-state index >= 15 is 0 Å². The molecule has 0 atom stereocenters. The molecule has 3 nitrogen and oxygen atoms in total. The van der Waals surface area contributed by atoms with Crippen LogP contribution in [0.1, 0.15) is 22.4 Å². The minimum Gasteiger partial charge on any atom is -0.384 e. The predicted molar refractivity (Wildman–Crippen MR) is 80.0 cm³/mol. The van der Waals surface area contributed by atoms with Gasteiger partial charge in [0.15, 0.2) is 0 Å². The second-order valence-corrected chi connectivity index (χ2v) is 5.62. The summed E-state index contributed by atoms with van der Waals surface area (Å²) in [5.74, 6) is 0.0553. The van der Waals surface area contributed by atoms with Gasteiger partial charge in [0.1, 0.15) is 10.9 Å². The third-order valence-electron chi connectivity index (χ3n) is 2.83. The first-order valence-corrected chi connectivity index (χ1v) is 6.86. The zero-order chi connectivity index (χ0) is 14.0. The van der Waals surface area contributed by atoms with Gasteiger partial charge in [-0.05, 0) is 44.5 Å². The van der Waals surface area contributed by atoms with Crippen molar-refractivity contribution in [1.29, 1.82) is 5.41 Å². The number of hydrogen-bond acceptors (Lipinski definition) is 3. The lowest BCUT2D eigenvalue weighted by Crippen LogP contribution is -2.13. The van der Waals surface area contributed by atoms with Gasteiger partial charge in [0.2, 0.25) is 0 Å². The number of benzene rings is 1. The number of amidine groups is 1. The van der Waals surface area contributed by atoms with Crippen LogP contribution in [-0.4, -0.2) is 10.8 Å². The average molecular weight is 271 g/mol. The molecule has 0 aliphatic rings. The normalized spacial score (nSPS) is 10.5. The van der Waals surface area contributed by atoms with Gasteiger partial charge in [-0.3, -0.25) is 5.41 Å². The SMILES string of the molecule is Cc1ccc(Sc2nc(C)ccc2C(=N)N)c(C)c1. The third-order valence-corrected chi connectivity index (χ3v) is 4.01. The number of nitrogens with zero attached hydrogens (tertiary/aromatic N) is 1. The molecule has 0 aliphatic carbocycles. The zero-order valence-electron chi connectivity index (χ0n) is 11.3. The van der Waals surface area contributed by atoms with Crippen molar-refractivity contribution in [3.63, 3.8) is 0 Å². The fourth-order valence-corrected chi connectivity index (χ4v) is 2.88. The van der Waals surface area contributed by atoms with Crippen molar-refractivity contribution in [1.82, 2.24) is 4.98 Å². The highest BCUT2D eigenvalue weighted by Gasteiger charge is 2.10. The summed E-state index contributed by atoms with van der Waals surface area (Å²) < 4.78 is 0. The summed E-state index contributed by atoms with van der Waals surface area (Å²) >= 11 is 1.56. The summed E-state index contributed by atoms with van der Waals surface area (Å²) in [6.07, 6.45) is 0. The minimum atomic E-state index is 0.0553. The topological polar surface area (TPSA) is 62.8 Å². The van der Waals surface area contributed by atoms with Crippen molar-refractivity contribution in [2.75, 3.05) is 0 Å². The molecule has 2 rings (SSSR count). The van der Waals surface area contributed by atoms with Crippen LogP contribution in [0.5, 0.6) is 0 Å². The van der Waals surface area contributed by atoms with Crippen molar-refractivity contribution in [2.45, 2.75) is 30.7 Å². The molecule has 0 unspecified atom stereocenters. The molecular weight excluding hydrogens is 254 g/mol. The van der Waals surface area contributed by atoms with Crippen LogP contribution in [0.3, 0.4) is 0 Å². The molecule has 0 saturated heterocycles. The highest BCUT2D eigenvalue weighted by Crippen LogP contribution is 2.31. The Labute approximate surface area is 117 Å². The smallest absolute Gasteiger partial charge is 0.125 e. The van der Waals surface area contributed by atoms with E-state index in [-0.39, 0.29) is 5.84 Å². The number of nitrogens with two attached hydrogens (primary N) is 1. The molecule has 0 fully saturated rings. The van der Waals surface area contributed by atoms with Gasteiger partial charge >= 0.3 is 0 Å². The molecule has 1 heterocycles. The second-order valence-electron chi connectivity index (χ2n) is 4.59. The van der Waals surface area contributed by atoms with E-state index in [1.165, 1.54) is 11.1 Å². The predicted octanol–water partition coefficient (Wildman–Crippen LogP) is 3.44. The lowest BCUT2D eigenvalue weighted by molar-refractivity contribution is 1.05. The van der Waals surface area contributed by atoms with Crippen molar-refractivity contribution < 1.29 is 0 Å². The average Bonchev–Trinajstić information content (AvgIpc) is 2.32. The summed E-state index contributed by atoms with van der Waals surface area (Å²) in [6, 6.07) is 10.0. The molecule has 1 aromatic heterocycles. The maximum atomic E-state index is 7.62. The zero-order valence-corrected chi connectivity index (χ0v) is 12.1. The quantitative estimate of drug-likeness (QED) is 0.664. The van der Waals surface area contributed by atoms with Gasteiger partial charge in [0.25, 0.3) is 0 Å². The van der Waals surface area contributed by atoms with Gasteiger partial charge in [-0.2, -0.15) is 0 Å². The molecule has 4 heteroatoms. The van der Waals surface area contributed by atoms with Crippen molar-refractivity contribution >= 4 is 17.6 Å². The molecule has 1 aromatic carbocycles. The summed E-state index contributed by atoms with van der Waals surface area (Å²) in [7, 11) is 0. The fraction of sp³-hybridized carbons (Fsp3) is 0.200. The van der Waals surface area contributed by atoms with E-state index in [0.29, 0.717) is 5.56 Å². The first kappa shape index (κ1) is 13.6. The van der Waals surface area contributed by atoms with Crippen LogP contribution in [0.4, 0.5) is 0 Å². The van der Waals surface area contributed by atoms with Crippen molar-refractivity contribution in [3.8, 4) is 0 Å². The Morgan fingerprint density at radius 2 is 1.89 bits per heavy atom. The molecule has 0 amide bonds. The number of nitrogens with one attached hydrogen (secondary N) is 1. The highest BCUT2D eigenvalue weighted by molar-refractivity contribution is 7.99. The standard InChI is InChI=1S/C15H17N3S/c1-9-4-7-13(10(2)8-9)19-15-12(14(16)17)6-5-11(3)18-15/h4-8H,1-3H3,(H3,16,17). The van der Waals surface area contributed by atoms with Crippen molar-refractivity contribution in [3.05, 3.63) is 52.7 Å². The Morgan fingerprint density at radius 3 is 2.53 bits per heavy atom. The minimum absolute atomic E-state index is 0.0553. The first-order valence-electron chi connectivity index (χ1n) is 6.04. The van der Waals surface area contributed by atoms with E-state index in [4.69, 9.17) is 11.1 Å². The number of hydrogen-bond donors (Lipinski definition) is 2. The van der Waals surface area contributed by atoms with E-state index in [1.54, 1.807) is 11.8 Å². The van der Waals surface area contributed by atoms with E-state index in [9.17, 15) is 0 Å². The summed E-state index contributed by atoms with van der Waals surface area (Å²) in [6.45, 7) is 6.10. The molecule has 0 aliphatic heterocycles. The maximum Gasteiger partial charge on any atom is 0.125 e. The fourth-order valence-electron chi connectivity index (χ4n) is 1.83. The number of rotatable bonds is 3. The summed E-state index contributed by atoms with van der Waals surface area (Å²) in [5.41, 5.74) is 9.68. The lowest BCUT2D eigenvalue weighted by Gasteiger charge is -2.10. The Balaban J connectivity index is 2.42. The largest absolute Gasteiger partial charge is 0.384 e. The van der Waals surface area contributed by atoms with Crippen LogP contribution < -0.4 is 5.73 Å². The summed E-state index contributed by atoms with van der Waals surface area (Å²) in [4.78, 5) is 5.64. The molecule has 0 saturated carbocycles. The molecule has 0 radical (unpaired) electrons. The molecule has 98 valence electrons. The molecule has 0 bridgehead atoms. The van der Waals surface area contributed by atoms with E-state index in [0.717, 1.165) is 15.6 Å². The Morgan fingerprint density at radius 1 is 1.16 bits per heavy atom. The molecule has 2 aromatic rings. The van der Waals surface area contributed by atoms with Crippen LogP contribution >= 0.6 is 11.8 Å². The summed E-state index contributed by atoms with van der Waals surface area (Å²) in [5, 5.41) is 8.42. The van der Waals surface area contributed by atoms with Gasteiger partial charge in [0, 0.05) is 16.2 Å². The van der Waals surface area contributed by atoms with Crippen LogP contribution in [0, 0.1) is 26.2 Å². The van der Waals surface area contributed by atoms with Gasteiger partial charge in [0.05, 0.1) is 0 Å². The Bertz CT molecular complexity index is 635. The number of pyridine rings is 1. The maximum absolute atomic E-state index is 7.62. The van der Waals surface area contributed by atoms with Crippen LogP contribution in [0.15, 0.2) is 40.3 Å². The van der Waals surface area contributed by atoms with Gasteiger partial charge in [-0.1, -0.05) is 29.5 Å². The van der Waals surface area contributed by atoms with Crippen LogP contribution in [0.25, 0.3) is 0 Å².